The van der Waals surface area contributed by atoms with E-state index in [0.717, 1.165) is 28.4 Å². The van der Waals surface area contributed by atoms with Crippen molar-refractivity contribution in [2.24, 2.45) is 11.8 Å². The zero-order chi connectivity index (χ0) is 28.1. The third kappa shape index (κ3) is 5.18. The number of pyridine rings is 1. The minimum Gasteiger partial charge on any atom is -0.380 e. The predicted molar refractivity (Wildman–Crippen MR) is 146 cm³/mol. The summed E-state index contributed by atoms with van der Waals surface area (Å²) in [6, 6.07) is 9.45. The van der Waals surface area contributed by atoms with Gasteiger partial charge in [0.1, 0.15) is 10.4 Å². The second-order valence-corrected chi connectivity index (χ2v) is 11.8. The summed E-state index contributed by atoms with van der Waals surface area (Å²) in [6.45, 7) is 0. The van der Waals surface area contributed by atoms with E-state index >= 15 is 0 Å². The number of benzene rings is 1. The molecule has 0 spiro atoms. The highest BCUT2D eigenvalue weighted by molar-refractivity contribution is 9.10. The lowest BCUT2D eigenvalue weighted by Gasteiger charge is -2.37. The lowest BCUT2D eigenvalue weighted by molar-refractivity contribution is -0.270. The van der Waals surface area contributed by atoms with E-state index in [9.17, 15) is 23.1 Å². The molecule has 1 aromatic carbocycles. The van der Waals surface area contributed by atoms with E-state index in [-0.39, 0.29) is 36.6 Å². The van der Waals surface area contributed by atoms with Crippen LogP contribution in [0.5, 0.6) is 0 Å². The molecule has 4 aromatic rings. The lowest BCUT2D eigenvalue weighted by atomic mass is 9.81. The number of carbonyl (C=O) groups excluding carboxylic acids is 1. The van der Waals surface area contributed by atoms with Crippen molar-refractivity contribution in [1.29, 1.82) is 0 Å². The Morgan fingerprint density at radius 2 is 1.95 bits per heavy atom. The van der Waals surface area contributed by atoms with E-state index in [1.165, 1.54) is 0 Å². The summed E-state index contributed by atoms with van der Waals surface area (Å²) >= 11 is 3.52. The molecule has 0 radical (unpaired) electrons. The fraction of sp³-hybridized carbons (Fsp3) is 0.464. The van der Waals surface area contributed by atoms with Crippen LogP contribution in [-0.2, 0) is 11.2 Å². The van der Waals surface area contributed by atoms with Crippen LogP contribution in [0.4, 0.5) is 13.2 Å². The van der Waals surface area contributed by atoms with Gasteiger partial charge in [-0.15, -0.1) is 0 Å². The quantitative estimate of drug-likeness (QED) is 0.309. The zero-order valence-corrected chi connectivity index (χ0v) is 23.1. The smallest absolute Gasteiger partial charge is 0.380 e. The van der Waals surface area contributed by atoms with E-state index in [2.05, 4.69) is 36.3 Å². The van der Waals surface area contributed by atoms with Crippen molar-refractivity contribution in [2.45, 2.75) is 69.2 Å². The van der Waals surface area contributed by atoms with E-state index < -0.39 is 24.6 Å². The summed E-state index contributed by atoms with van der Waals surface area (Å²) in [5, 5.41) is 19.2. The predicted octanol–water partition coefficient (Wildman–Crippen LogP) is 5.44. The van der Waals surface area contributed by atoms with Gasteiger partial charge >= 0.3 is 6.18 Å². The second-order valence-electron chi connectivity index (χ2n) is 11.0. The Morgan fingerprint density at radius 3 is 2.73 bits per heavy atom. The van der Waals surface area contributed by atoms with Crippen molar-refractivity contribution in [3.8, 4) is 5.69 Å². The number of nitrogens with one attached hydrogen (secondary N) is 1. The van der Waals surface area contributed by atoms with Gasteiger partial charge in [0.05, 0.1) is 16.6 Å². The van der Waals surface area contributed by atoms with Crippen LogP contribution < -0.4 is 5.32 Å². The minimum absolute atomic E-state index is 0.114. The normalized spacial score (nSPS) is 25.5. The second kappa shape index (κ2) is 10.4. The number of hydrogen-bond donors (Lipinski definition) is 2. The molecular weight excluding hydrogens is 589 g/mol. The summed E-state index contributed by atoms with van der Waals surface area (Å²) in [5.74, 6) is 0.590. The van der Waals surface area contributed by atoms with Crippen LogP contribution in [0.2, 0.25) is 0 Å². The summed E-state index contributed by atoms with van der Waals surface area (Å²) in [6.07, 6.45) is 1.17. The molecule has 2 saturated carbocycles. The maximum atomic E-state index is 13.1. The Labute approximate surface area is 236 Å². The molecule has 210 valence electrons. The first-order valence-electron chi connectivity index (χ1n) is 13.4. The van der Waals surface area contributed by atoms with Crippen molar-refractivity contribution in [2.75, 3.05) is 0 Å². The van der Waals surface area contributed by atoms with Gasteiger partial charge < -0.3 is 10.4 Å². The summed E-state index contributed by atoms with van der Waals surface area (Å²) in [4.78, 5) is 26.7. The third-order valence-corrected chi connectivity index (χ3v) is 8.92. The van der Waals surface area contributed by atoms with Crippen LogP contribution in [0, 0.1) is 11.8 Å². The summed E-state index contributed by atoms with van der Waals surface area (Å²) < 4.78 is 41.7. The van der Waals surface area contributed by atoms with Crippen molar-refractivity contribution >= 4 is 43.8 Å². The van der Waals surface area contributed by atoms with Crippen LogP contribution in [0.3, 0.4) is 0 Å². The SMILES string of the molecule is O=C(NC1CCC(O)(C(F)(F)F)CC1)[C@@H]1CC[C@@H](Cc2ncc3c(Br)nn(-c4ccc5ncccc5c4)c3n2)C1. The molecule has 3 aromatic heterocycles. The highest BCUT2D eigenvalue weighted by Gasteiger charge is 2.54. The van der Waals surface area contributed by atoms with Gasteiger partial charge in [0.2, 0.25) is 5.91 Å². The topological polar surface area (TPSA) is 106 Å². The zero-order valence-electron chi connectivity index (χ0n) is 21.5. The Hall–Kier alpha value is -3.12. The fourth-order valence-corrected chi connectivity index (χ4v) is 6.41. The molecule has 3 heterocycles. The average molecular weight is 617 g/mol. The standard InChI is InChI=1S/C28H28BrF3N6O2/c29-24-21-15-34-23(36-25(21)38(37-24)20-5-6-22-17(14-20)2-1-11-33-22)13-16-3-4-18(12-16)26(39)35-19-7-9-27(40,10-8-19)28(30,31)32/h1-2,5-6,11,14-16,18-19,40H,3-4,7-10,12-13H2,(H,35,39)/t16-,18-,19?,27?/m1/s1. The molecule has 2 fully saturated rings. The van der Waals surface area contributed by atoms with Gasteiger partial charge in [0, 0.05) is 36.2 Å². The first-order valence-corrected chi connectivity index (χ1v) is 14.2. The number of nitrogens with zero attached hydrogens (tertiary/aromatic N) is 5. The molecule has 12 heteroatoms. The largest absolute Gasteiger partial charge is 0.417 e. The fourth-order valence-electron chi connectivity index (χ4n) is 5.98. The third-order valence-electron chi connectivity index (χ3n) is 8.33. The van der Waals surface area contributed by atoms with Crippen molar-refractivity contribution in [3.05, 3.63) is 53.2 Å². The van der Waals surface area contributed by atoms with Crippen molar-refractivity contribution in [1.82, 2.24) is 30.0 Å². The monoisotopic (exact) mass is 616 g/mol. The number of aromatic nitrogens is 5. The van der Waals surface area contributed by atoms with Gasteiger partial charge in [0.15, 0.2) is 11.2 Å². The molecule has 0 unspecified atom stereocenters. The van der Waals surface area contributed by atoms with Gasteiger partial charge in [-0.2, -0.15) is 18.3 Å². The molecule has 40 heavy (non-hydrogen) atoms. The molecule has 1 amide bonds. The maximum Gasteiger partial charge on any atom is 0.417 e. The van der Waals surface area contributed by atoms with Gasteiger partial charge in [-0.05, 0) is 91.1 Å². The molecule has 0 saturated heterocycles. The van der Waals surface area contributed by atoms with Crippen LogP contribution in [0.15, 0.2) is 47.3 Å². The minimum atomic E-state index is -4.65. The number of carbonyl (C=O) groups is 1. The molecule has 8 nitrogen and oxygen atoms in total. The molecule has 2 atom stereocenters. The van der Waals surface area contributed by atoms with Gasteiger partial charge in [-0.1, -0.05) is 6.07 Å². The number of aliphatic hydroxyl groups is 1. The Morgan fingerprint density at radius 1 is 1.15 bits per heavy atom. The highest BCUT2D eigenvalue weighted by atomic mass is 79.9. The first kappa shape index (κ1) is 27.1. The highest BCUT2D eigenvalue weighted by Crippen LogP contribution is 2.42. The van der Waals surface area contributed by atoms with E-state index in [1.807, 2.05) is 30.3 Å². The number of amides is 1. The first-order chi connectivity index (χ1) is 19.1. The average Bonchev–Trinajstić information content (AvgIpc) is 3.53. The summed E-state index contributed by atoms with van der Waals surface area (Å²) in [7, 11) is 0. The number of halogens is 4. The Bertz CT molecular complexity index is 1570. The maximum absolute atomic E-state index is 13.1. The van der Waals surface area contributed by atoms with Crippen LogP contribution in [0.25, 0.3) is 27.6 Å². The summed E-state index contributed by atoms with van der Waals surface area (Å²) in [5.41, 5.74) is -0.217. The van der Waals surface area contributed by atoms with Gasteiger partial charge in [-0.25, -0.2) is 14.6 Å². The number of rotatable bonds is 5. The number of alkyl halides is 3. The Balaban J connectivity index is 1.11. The molecule has 2 N–H and O–H groups in total. The Kier molecular flexibility index (Phi) is 7.02. The van der Waals surface area contributed by atoms with Crippen molar-refractivity contribution in [3.63, 3.8) is 0 Å². The van der Waals surface area contributed by atoms with Crippen LogP contribution >= 0.6 is 15.9 Å². The van der Waals surface area contributed by atoms with Gasteiger partial charge in [0.25, 0.3) is 0 Å². The van der Waals surface area contributed by atoms with Crippen molar-refractivity contribution < 1.29 is 23.1 Å². The lowest BCUT2D eigenvalue weighted by Crippen LogP contribution is -2.51. The van der Waals surface area contributed by atoms with E-state index in [0.29, 0.717) is 35.3 Å². The molecule has 2 aliphatic carbocycles. The molecule has 2 aliphatic rings. The molecule has 0 bridgehead atoms. The number of hydrogen-bond acceptors (Lipinski definition) is 6. The van der Waals surface area contributed by atoms with Crippen LogP contribution in [-0.4, -0.2) is 53.6 Å². The molecule has 0 aliphatic heterocycles. The van der Waals surface area contributed by atoms with E-state index in [4.69, 9.17) is 4.98 Å². The van der Waals surface area contributed by atoms with Crippen LogP contribution in [0.1, 0.15) is 50.8 Å². The molecule has 6 rings (SSSR count). The van der Waals surface area contributed by atoms with E-state index in [1.54, 1.807) is 17.1 Å². The number of fused-ring (bicyclic) bond motifs is 2. The van der Waals surface area contributed by atoms with Gasteiger partial charge in [-0.3, -0.25) is 9.78 Å². The molecular formula is C28H28BrF3N6O2.